The van der Waals surface area contributed by atoms with Crippen molar-refractivity contribution in [2.24, 2.45) is 0 Å². The molecule has 0 aliphatic heterocycles. The maximum absolute atomic E-state index is 12.4. The number of hydrogen-bond donors (Lipinski definition) is 2. The molecule has 1 aliphatic carbocycles. The highest BCUT2D eigenvalue weighted by molar-refractivity contribution is 5.79. The Morgan fingerprint density at radius 1 is 0.853 bits per heavy atom. The molecule has 0 radical (unpaired) electrons. The minimum atomic E-state index is -0.932. The van der Waals surface area contributed by atoms with E-state index in [1.165, 1.54) is 27.2 Å². The maximum Gasteiger partial charge on any atom is 0.407 e. The van der Waals surface area contributed by atoms with E-state index in [2.05, 4.69) is 24.3 Å². The molecule has 5 rings (SSSR count). The average molecular weight is 450 g/mol. The lowest BCUT2D eigenvalue weighted by molar-refractivity contribution is 0.141. The first-order valence-corrected chi connectivity index (χ1v) is 11.5. The van der Waals surface area contributed by atoms with Gasteiger partial charge in [-0.05, 0) is 63.1 Å². The van der Waals surface area contributed by atoms with Crippen LogP contribution in [0.25, 0.3) is 22.3 Å². The number of rotatable bonds is 6. The van der Waals surface area contributed by atoms with Gasteiger partial charge in [0.1, 0.15) is 0 Å². The fourth-order valence-corrected chi connectivity index (χ4v) is 5.19. The second-order valence-corrected chi connectivity index (χ2v) is 8.86. The molecule has 1 amide bonds. The van der Waals surface area contributed by atoms with Gasteiger partial charge in [0.15, 0.2) is 0 Å². The Hall–Kier alpha value is -3.89. The Balaban J connectivity index is 1.51. The van der Waals surface area contributed by atoms with Crippen LogP contribution in [0.5, 0.6) is 0 Å². The van der Waals surface area contributed by atoms with Gasteiger partial charge < -0.3 is 15.1 Å². The summed E-state index contributed by atoms with van der Waals surface area (Å²) in [5.74, 6) is -0.00511. The number of aryl methyl sites for hydroxylation is 1. The van der Waals surface area contributed by atoms with E-state index in [9.17, 15) is 15.0 Å². The van der Waals surface area contributed by atoms with E-state index in [4.69, 9.17) is 0 Å². The Labute approximate surface area is 199 Å². The predicted molar refractivity (Wildman–Crippen MR) is 135 cm³/mol. The standard InChI is InChI=1S/C30H27NO3/c1-20-8-6-11-23(29(20)22-10-7-9-21(16-22)19-32)17-31(30(33)34)18-28-26-14-4-2-12-24(26)25-13-3-5-15-27(25)28/h2-16,28,32H,17-19H2,1H3,(H,33,34). The third-order valence-electron chi connectivity index (χ3n) is 6.75. The minimum absolute atomic E-state index is 0.00511. The molecule has 0 fully saturated rings. The monoisotopic (exact) mass is 449 g/mol. The van der Waals surface area contributed by atoms with Crippen molar-refractivity contribution in [2.45, 2.75) is 26.0 Å². The van der Waals surface area contributed by atoms with Crippen LogP contribution in [0.1, 0.15) is 33.7 Å². The zero-order valence-corrected chi connectivity index (χ0v) is 19.1. The highest BCUT2D eigenvalue weighted by Crippen LogP contribution is 2.45. The lowest BCUT2D eigenvalue weighted by Crippen LogP contribution is -2.33. The topological polar surface area (TPSA) is 60.8 Å². The number of carbonyl (C=O) groups is 1. The van der Waals surface area contributed by atoms with Gasteiger partial charge in [0.05, 0.1) is 6.61 Å². The molecule has 0 heterocycles. The van der Waals surface area contributed by atoms with E-state index >= 15 is 0 Å². The highest BCUT2D eigenvalue weighted by atomic mass is 16.4. The number of nitrogens with zero attached hydrogens (tertiary/aromatic N) is 1. The molecule has 170 valence electrons. The summed E-state index contributed by atoms with van der Waals surface area (Å²) in [6.07, 6.45) is -0.932. The molecule has 4 heteroatoms. The first kappa shape index (κ1) is 21.9. The smallest absolute Gasteiger partial charge is 0.407 e. The summed E-state index contributed by atoms with van der Waals surface area (Å²) in [6, 6.07) is 30.4. The second kappa shape index (κ2) is 9.16. The molecule has 0 saturated carbocycles. The number of benzene rings is 4. The van der Waals surface area contributed by atoms with E-state index < -0.39 is 6.09 Å². The summed E-state index contributed by atoms with van der Waals surface area (Å²) in [4.78, 5) is 14.0. The number of amides is 1. The van der Waals surface area contributed by atoms with Crippen molar-refractivity contribution in [3.8, 4) is 22.3 Å². The average Bonchev–Trinajstić information content (AvgIpc) is 3.17. The van der Waals surface area contributed by atoms with Gasteiger partial charge in [-0.25, -0.2) is 4.79 Å². The summed E-state index contributed by atoms with van der Waals surface area (Å²) >= 11 is 0. The molecule has 0 atom stereocenters. The largest absolute Gasteiger partial charge is 0.465 e. The van der Waals surface area contributed by atoms with Gasteiger partial charge in [-0.2, -0.15) is 0 Å². The molecule has 0 unspecified atom stereocenters. The fourth-order valence-electron chi connectivity index (χ4n) is 5.19. The summed E-state index contributed by atoms with van der Waals surface area (Å²) in [7, 11) is 0. The van der Waals surface area contributed by atoms with Crippen LogP contribution in [0, 0.1) is 6.92 Å². The number of hydrogen-bond acceptors (Lipinski definition) is 2. The van der Waals surface area contributed by atoms with E-state index in [0.29, 0.717) is 6.54 Å². The zero-order chi connectivity index (χ0) is 23.7. The van der Waals surface area contributed by atoms with Crippen LogP contribution in [0.15, 0.2) is 91.0 Å². The summed E-state index contributed by atoms with van der Waals surface area (Å²) < 4.78 is 0. The number of carboxylic acid groups (broad SMARTS) is 1. The van der Waals surface area contributed by atoms with Crippen LogP contribution in [0.2, 0.25) is 0 Å². The summed E-state index contributed by atoms with van der Waals surface area (Å²) in [6.45, 7) is 2.68. The third-order valence-corrected chi connectivity index (χ3v) is 6.75. The molecule has 2 N–H and O–H groups in total. The molecular weight excluding hydrogens is 422 g/mol. The van der Waals surface area contributed by atoms with Crippen LogP contribution in [0.4, 0.5) is 4.79 Å². The van der Waals surface area contributed by atoms with Crippen molar-refractivity contribution in [3.05, 3.63) is 119 Å². The van der Waals surface area contributed by atoms with Crippen LogP contribution >= 0.6 is 0 Å². The van der Waals surface area contributed by atoms with Gasteiger partial charge in [-0.3, -0.25) is 0 Å². The van der Waals surface area contributed by atoms with Crippen LogP contribution in [-0.4, -0.2) is 27.8 Å². The lowest BCUT2D eigenvalue weighted by Gasteiger charge is -2.26. The fraction of sp³-hybridized carbons (Fsp3) is 0.167. The van der Waals surface area contributed by atoms with Gasteiger partial charge in [-0.15, -0.1) is 0 Å². The Kier molecular flexibility index (Phi) is 5.91. The SMILES string of the molecule is Cc1cccc(CN(CC2c3ccccc3-c3ccccc32)C(=O)O)c1-c1cccc(CO)c1. The summed E-state index contributed by atoms with van der Waals surface area (Å²) in [5.41, 5.74) is 9.60. The zero-order valence-electron chi connectivity index (χ0n) is 19.1. The van der Waals surface area contributed by atoms with E-state index in [1.807, 2.05) is 73.7 Å². The molecular formula is C30H27NO3. The van der Waals surface area contributed by atoms with E-state index in [0.717, 1.165) is 27.8 Å². The van der Waals surface area contributed by atoms with Crippen molar-refractivity contribution in [2.75, 3.05) is 6.54 Å². The van der Waals surface area contributed by atoms with Gasteiger partial charge in [0.25, 0.3) is 0 Å². The molecule has 0 spiro atoms. The quantitative estimate of drug-likeness (QED) is 0.356. The molecule has 0 saturated heterocycles. The molecule has 34 heavy (non-hydrogen) atoms. The Bertz CT molecular complexity index is 1320. The van der Waals surface area contributed by atoms with E-state index in [-0.39, 0.29) is 19.1 Å². The summed E-state index contributed by atoms with van der Waals surface area (Å²) in [5, 5.41) is 19.8. The Morgan fingerprint density at radius 2 is 1.50 bits per heavy atom. The maximum atomic E-state index is 12.4. The van der Waals surface area contributed by atoms with Crippen molar-refractivity contribution in [1.29, 1.82) is 0 Å². The number of fused-ring (bicyclic) bond motifs is 3. The van der Waals surface area contributed by atoms with Crippen LogP contribution < -0.4 is 0 Å². The third kappa shape index (κ3) is 3.97. The highest BCUT2D eigenvalue weighted by Gasteiger charge is 2.31. The Morgan fingerprint density at radius 3 is 2.15 bits per heavy atom. The molecule has 4 aromatic rings. The van der Waals surface area contributed by atoms with Crippen molar-refractivity contribution in [1.82, 2.24) is 4.90 Å². The lowest BCUT2D eigenvalue weighted by atomic mass is 9.93. The molecule has 4 nitrogen and oxygen atoms in total. The van der Waals surface area contributed by atoms with Gasteiger partial charge in [0, 0.05) is 19.0 Å². The first-order valence-electron chi connectivity index (χ1n) is 11.5. The molecule has 1 aliphatic rings. The van der Waals surface area contributed by atoms with Gasteiger partial charge in [0.2, 0.25) is 0 Å². The predicted octanol–water partition coefficient (Wildman–Crippen LogP) is 6.45. The first-order chi connectivity index (χ1) is 16.6. The van der Waals surface area contributed by atoms with Crippen molar-refractivity contribution < 1.29 is 15.0 Å². The van der Waals surface area contributed by atoms with Gasteiger partial charge >= 0.3 is 6.09 Å². The number of aliphatic hydroxyl groups is 1. The normalized spacial score (nSPS) is 12.3. The van der Waals surface area contributed by atoms with Crippen molar-refractivity contribution >= 4 is 6.09 Å². The second-order valence-electron chi connectivity index (χ2n) is 8.86. The van der Waals surface area contributed by atoms with Crippen LogP contribution in [-0.2, 0) is 13.2 Å². The van der Waals surface area contributed by atoms with Gasteiger partial charge in [-0.1, -0.05) is 84.9 Å². The minimum Gasteiger partial charge on any atom is -0.465 e. The van der Waals surface area contributed by atoms with Crippen LogP contribution in [0.3, 0.4) is 0 Å². The molecule has 4 aromatic carbocycles. The molecule has 0 bridgehead atoms. The van der Waals surface area contributed by atoms with Crippen molar-refractivity contribution in [3.63, 3.8) is 0 Å². The number of aliphatic hydroxyl groups excluding tert-OH is 1. The molecule has 0 aromatic heterocycles. The van der Waals surface area contributed by atoms with E-state index in [1.54, 1.807) is 0 Å².